The molecule has 0 saturated heterocycles. The number of carboxylic acid groups (broad SMARTS) is 1. The number of rotatable bonds is 4. The first-order valence-electron chi connectivity index (χ1n) is 6.80. The Bertz CT molecular complexity index is 767. The summed E-state index contributed by atoms with van der Waals surface area (Å²) in [6.07, 6.45) is 3.12. The van der Waals surface area contributed by atoms with E-state index in [0.717, 1.165) is 0 Å². The normalized spacial score (nSPS) is 11.4. The molecule has 0 aliphatic heterocycles. The van der Waals surface area contributed by atoms with Crippen molar-refractivity contribution in [1.29, 1.82) is 0 Å². The maximum absolute atomic E-state index is 12.4. The van der Waals surface area contributed by atoms with Crippen LogP contribution in [0, 0.1) is 0 Å². The number of nitrogens with one attached hydrogen (secondary N) is 1. The molecule has 1 heterocycles. The number of aliphatic carboxylic acids is 1. The van der Waals surface area contributed by atoms with Gasteiger partial charge in [-0.1, -0.05) is 47.5 Å². The number of H-pyrrole nitrogens is 1. The van der Waals surface area contributed by atoms with Gasteiger partial charge in [0.05, 0.1) is 0 Å². The highest BCUT2D eigenvalue weighted by Gasteiger charge is 2.46. The van der Waals surface area contributed by atoms with E-state index in [-0.39, 0.29) is 0 Å². The zero-order valence-electron chi connectivity index (χ0n) is 11.8. The van der Waals surface area contributed by atoms with Crippen LogP contribution in [-0.2, 0) is 10.2 Å². The third-order valence-electron chi connectivity index (χ3n) is 3.73. The minimum atomic E-state index is -1.47. The van der Waals surface area contributed by atoms with Gasteiger partial charge in [-0.15, -0.1) is 0 Å². The molecule has 0 fully saturated rings. The fourth-order valence-electron chi connectivity index (χ4n) is 2.66. The van der Waals surface area contributed by atoms with Crippen LogP contribution in [0.4, 0.5) is 0 Å². The average Bonchev–Trinajstić information content (AvgIpc) is 3.06. The first kappa shape index (κ1) is 15.6. The molecule has 4 nitrogen and oxygen atoms in total. The zero-order valence-corrected chi connectivity index (χ0v) is 13.3. The van der Waals surface area contributed by atoms with Crippen molar-refractivity contribution in [2.75, 3.05) is 0 Å². The topological polar surface area (TPSA) is 66.0 Å². The highest BCUT2D eigenvalue weighted by atomic mass is 35.5. The highest BCUT2D eigenvalue weighted by molar-refractivity contribution is 6.30. The Hall–Kier alpha value is -2.30. The number of aromatic nitrogens is 2. The Balaban J connectivity index is 2.33. The number of hydrogen-bond donors (Lipinski definition) is 2. The molecule has 0 amide bonds. The smallest absolute Gasteiger partial charge is 0.326 e. The summed E-state index contributed by atoms with van der Waals surface area (Å²) in [4.78, 5) is 19.5. The third kappa shape index (κ3) is 2.60. The van der Waals surface area contributed by atoms with Crippen molar-refractivity contribution >= 4 is 29.2 Å². The van der Waals surface area contributed by atoms with Gasteiger partial charge in [-0.2, -0.15) is 0 Å². The minimum absolute atomic E-state index is 0.314. The van der Waals surface area contributed by atoms with Crippen molar-refractivity contribution in [3.05, 3.63) is 87.9 Å². The average molecular weight is 347 g/mol. The van der Waals surface area contributed by atoms with Crippen molar-refractivity contribution in [2.24, 2.45) is 0 Å². The van der Waals surface area contributed by atoms with Gasteiger partial charge < -0.3 is 10.1 Å². The number of nitrogens with zero attached hydrogens (tertiary/aromatic N) is 1. The van der Waals surface area contributed by atoms with Crippen LogP contribution < -0.4 is 0 Å². The van der Waals surface area contributed by atoms with Crippen LogP contribution in [0.1, 0.15) is 17.0 Å². The lowest BCUT2D eigenvalue weighted by Crippen LogP contribution is -2.39. The van der Waals surface area contributed by atoms with Crippen molar-refractivity contribution in [3.8, 4) is 0 Å². The summed E-state index contributed by atoms with van der Waals surface area (Å²) in [5.74, 6) is -0.730. The molecule has 0 saturated carbocycles. The largest absolute Gasteiger partial charge is 0.480 e. The van der Waals surface area contributed by atoms with Crippen LogP contribution in [0.5, 0.6) is 0 Å². The molecule has 1 aromatic heterocycles. The number of halogens is 2. The summed E-state index contributed by atoms with van der Waals surface area (Å²) < 4.78 is 0. The van der Waals surface area contributed by atoms with E-state index in [9.17, 15) is 9.90 Å². The zero-order chi connectivity index (χ0) is 16.4. The fourth-order valence-corrected chi connectivity index (χ4v) is 2.91. The molecule has 0 atom stereocenters. The van der Waals surface area contributed by atoms with Gasteiger partial charge in [-0.05, 0) is 35.4 Å². The van der Waals surface area contributed by atoms with Crippen molar-refractivity contribution < 1.29 is 9.90 Å². The van der Waals surface area contributed by atoms with Crippen LogP contribution in [-0.4, -0.2) is 21.0 Å². The van der Waals surface area contributed by atoms with Crippen LogP contribution in [0.15, 0.2) is 60.9 Å². The number of aromatic amines is 1. The lowest BCUT2D eigenvalue weighted by Gasteiger charge is -2.29. The van der Waals surface area contributed by atoms with E-state index in [4.69, 9.17) is 23.2 Å². The summed E-state index contributed by atoms with van der Waals surface area (Å²) >= 11 is 11.9. The Morgan fingerprint density at radius 1 is 0.957 bits per heavy atom. The van der Waals surface area contributed by atoms with E-state index in [1.54, 1.807) is 54.7 Å². The van der Waals surface area contributed by atoms with E-state index in [0.29, 0.717) is 27.0 Å². The monoisotopic (exact) mass is 346 g/mol. The first-order valence-corrected chi connectivity index (χ1v) is 7.56. The van der Waals surface area contributed by atoms with E-state index in [2.05, 4.69) is 9.97 Å². The van der Waals surface area contributed by atoms with Crippen LogP contribution in [0.25, 0.3) is 0 Å². The molecule has 0 radical (unpaired) electrons. The second kappa shape index (κ2) is 6.07. The van der Waals surface area contributed by atoms with Crippen LogP contribution in [0.3, 0.4) is 0 Å². The van der Waals surface area contributed by atoms with E-state index in [1.807, 2.05) is 0 Å². The lowest BCUT2D eigenvalue weighted by atomic mass is 9.73. The summed E-state index contributed by atoms with van der Waals surface area (Å²) in [7, 11) is 0. The molecular formula is C17H12Cl2N2O2. The van der Waals surface area contributed by atoms with Crippen molar-refractivity contribution in [3.63, 3.8) is 0 Å². The molecule has 2 N–H and O–H groups in total. The van der Waals surface area contributed by atoms with Crippen molar-refractivity contribution in [2.45, 2.75) is 5.41 Å². The van der Waals surface area contributed by atoms with Gasteiger partial charge in [0.15, 0.2) is 5.41 Å². The number of benzene rings is 2. The molecule has 3 aromatic rings. The highest BCUT2D eigenvalue weighted by Crippen LogP contribution is 2.38. The molecule has 6 heteroatoms. The van der Waals surface area contributed by atoms with Gasteiger partial charge in [0.25, 0.3) is 0 Å². The van der Waals surface area contributed by atoms with Crippen LogP contribution >= 0.6 is 23.2 Å². The molecule has 116 valence electrons. The molecule has 3 rings (SSSR count). The van der Waals surface area contributed by atoms with Gasteiger partial charge >= 0.3 is 5.97 Å². The van der Waals surface area contributed by atoms with Crippen LogP contribution in [0.2, 0.25) is 10.0 Å². The number of carboxylic acids is 1. The standard InChI is InChI=1S/C17H12Cl2N2O2/c18-13-5-1-11(2-6-13)17(16(22)23,15-20-9-10-21-15)12-3-7-14(19)8-4-12/h1-10H,(H,20,21)(H,22,23). The summed E-state index contributed by atoms with van der Waals surface area (Å²) in [6, 6.07) is 13.4. The maximum atomic E-state index is 12.4. The second-order valence-electron chi connectivity index (χ2n) is 5.01. The third-order valence-corrected chi connectivity index (χ3v) is 4.23. The Labute approximate surface area is 142 Å². The number of carbonyl (C=O) groups is 1. The Morgan fingerprint density at radius 3 is 1.78 bits per heavy atom. The minimum Gasteiger partial charge on any atom is -0.480 e. The quantitative estimate of drug-likeness (QED) is 0.746. The predicted molar refractivity (Wildman–Crippen MR) is 89.0 cm³/mol. The van der Waals surface area contributed by atoms with Crippen molar-refractivity contribution in [1.82, 2.24) is 9.97 Å². The molecule has 0 bridgehead atoms. The Kier molecular flexibility index (Phi) is 4.11. The maximum Gasteiger partial charge on any atom is 0.326 e. The summed E-state index contributed by atoms with van der Waals surface area (Å²) in [5.41, 5.74) is -0.378. The second-order valence-corrected chi connectivity index (χ2v) is 5.88. The summed E-state index contributed by atoms with van der Waals surface area (Å²) in [5, 5.41) is 11.2. The fraction of sp³-hybridized carbons (Fsp3) is 0.0588. The van der Waals surface area contributed by atoms with E-state index >= 15 is 0 Å². The molecule has 0 unspecified atom stereocenters. The van der Waals surface area contributed by atoms with Gasteiger partial charge in [0.2, 0.25) is 0 Å². The lowest BCUT2D eigenvalue weighted by molar-refractivity contribution is -0.140. The number of imidazole rings is 1. The SMILES string of the molecule is O=C(O)C(c1ccc(Cl)cc1)(c1ccc(Cl)cc1)c1ncc[nH]1. The molecule has 23 heavy (non-hydrogen) atoms. The summed E-state index contributed by atoms with van der Waals surface area (Å²) in [6.45, 7) is 0. The van der Waals surface area contributed by atoms with Gasteiger partial charge in [0, 0.05) is 22.4 Å². The molecular weight excluding hydrogens is 335 g/mol. The molecule has 0 aliphatic rings. The molecule has 0 aliphatic carbocycles. The van der Waals surface area contributed by atoms with E-state index < -0.39 is 11.4 Å². The molecule has 0 spiro atoms. The van der Waals surface area contributed by atoms with E-state index in [1.165, 1.54) is 6.20 Å². The number of hydrogen-bond acceptors (Lipinski definition) is 2. The molecule has 2 aromatic carbocycles. The van der Waals surface area contributed by atoms with Gasteiger partial charge in [-0.3, -0.25) is 4.79 Å². The van der Waals surface area contributed by atoms with Gasteiger partial charge in [0.1, 0.15) is 5.82 Å². The first-order chi connectivity index (χ1) is 11.0. The predicted octanol–water partition coefficient (Wildman–Crippen LogP) is 4.14. The Morgan fingerprint density at radius 2 is 1.43 bits per heavy atom. The van der Waals surface area contributed by atoms with Gasteiger partial charge in [-0.25, -0.2) is 4.98 Å².